The van der Waals surface area contributed by atoms with E-state index in [0.29, 0.717) is 0 Å². The quantitative estimate of drug-likeness (QED) is 0.853. The topological polar surface area (TPSA) is 24.5 Å². The van der Waals surface area contributed by atoms with Gasteiger partial charge >= 0.3 is 0 Å². The van der Waals surface area contributed by atoms with Gasteiger partial charge in [0.05, 0.1) is 6.61 Å². The fourth-order valence-corrected chi connectivity index (χ4v) is 2.80. The van der Waals surface area contributed by atoms with Crippen LogP contribution in [0.3, 0.4) is 0 Å². The third-order valence-corrected chi connectivity index (χ3v) is 3.83. The molecule has 1 aromatic carbocycles. The van der Waals surface area contributed by atoms with Crippen molar-refractivity contribution in [2.24, 2.45) is 5.92 Å². The highest BCUT2D eigenvalue weighted by Crippen LogP contribution is 2.26. The lowest BCUT2D eigenvalue weighted by Crippen LogP contribution is -2.36. The summed E-state index contributed by atoms with van der Waals surface area (Å²) in [5, 5.41) is 3.26. The van der Waals surface area contributed by atoms with Crippen LogP contribution in [0.2, 0.25) is 0 Å². The summed E-state index contributed by atoms with van der Waals surface area (Å²) in [6.07, 6.45) is 3.96. The maximum atomic E-state index is 5.50. The Morgan fingerprint density at radius 2 is 2.11 bits per heavy atom. The van der Waals surface area contributed by atoms with E-state index in [1.807, 2.05) is 14.0 Å². The fraction of sp³-hybridized carbons (Fsp3) is 0.625. The van der Waals surface area contributed by atoms with Gasteiger partial charge in [-0.2, -0.15) is 0 Å². The van der Waals surface area contributed by atoms with Gasteiger partial charge in [-0.3, -0.25) is 0 Å². The summed E-state index contributed by atoms with van der Waals surface area (Å²) in [6, 6.07) is 8.53. The highest BCUT2D eigenvalue weighted by Gasteiger charge is 2.19. The maximum Gasteiger partial charge on any atom is 0.119 e. The molecule has 19 heavy (non-hydrogen) atoms. The van der Waals surface area contributed by atoms with Crippen LogP contribution in [0.1, 0.15) is 26.2 Å². The van der Waals surface area contributed by atoms with Crippen LogP contribution in [0.15, 0.2) is 24.3 Å². The van der Waals surface area contributed by atoms with Gasteiger partial charge in [-0.05, 0) is 70.0 Å². The summed E-state index contributed by atoms with van der Waals surface area (Å²) in [7, 11) is 2.03. The molecule has 1 unspecified atom stereocenters. The molecule has 1 aliphatic heterocycles. The molecular weight excluding hydrogens is 236 g/mol. The first-order valence-corrected chi connectivity index (χ1v) is 7.46. The van der Waals surface area contributed by atoms with Crippen molar-refractivity contribution in [3.63, 3.8) is 0 Å². The third kappa shape index (κ3) is 4.13. The van der Waals surface area contributed by atoms with Crippen LogP contribution in [-0.2, 0) is 0 Å². The average molecular weight is 262 g/mol. The van der Waals surface area contributed by atoms with Crippen molar-refractivity contribution in [1.29, 1.82) is 0 Å². The molecule has 0 aliphatic carbocycles. The van der Waals surface area contributed by atoms with Crippen molar-refractivity contribution in [1.82, 2.24) is 5.32 Å². The van der Waals surface area contributed by atoms with Gasteiger partial charge < -0.3 is 15.0 Å². The zero-order valence-corrected chi connectivity index (χ0v) is 12.2. The number of piperidine rings is 1. The monoisotopic (exact) mass is 262 g/mol. The molecule has 0 amide bonds. The zero-order chi connectivity index (χ0) is 13.5. The van der Waals surface area contributed by atoms with E-state index < -0.39 is 0 Å². The van der Waals surface area contributed by atoms with Crippen molar-refractivity contribution in [3.05, 3.63) is 24.3 Å². The SMILES string of the molecule is CCOc1ccc(N2CCCC(CCNC)C2)cc1. The Morgan fingerprint density at radius 1 is 1.32 bits per heavy atom. The van der Waals surface area contributed by atoms with Crippen molar-refractivity contribution in [3.8, 4) is 5.75 Å². The molecule has 1 saturated heterocycles. The molecule has 0 saturated carbocycles. The molecule has 0 radical (unpaired) electrons. The number of rotatable bonds is 6. The second kappa shape index (κ2) is 7.39. The highest BCUT2D eigenvalue weighted by molar-refractivity contribution is 5.49. The molecule has 0 spiro atoms. The summed E-state index contributed by atoms with van der Waals surface area (Å²) in [6.45, 7) is 6.25. The van der Waals surface area contributed by atoms with Gasteiger partial charge in [-0.1, -0.05) is 0 Å². The Labute approximate surface area is 116 Å². The van der Waals surface area contributed by atoms with E-state index in [-0.39, 0.29) is 0 Å². The number of ether oxygens (including phenoxy) is 1. The molecule has 3 nitrogen and oxygen atoms in total. The minimum Gasteiger partial charge on any atom is -0.494 e. The van der Waals surface area contributed by atoms with Crippen LogP contribution in [0.25, 0.3) is 0 Å². The molecule has 2 rings (SSSR count). The summed E-state index contributed by atoms with van der Waals surface area (Å²) < 4.78 is 5.50. The largest absolute Gasteiger partial charge is 0.494 e. The number of hydrogen-bond acceptors (Lipinski definition) is 3. The van der Waals surface area contributed by atoms with E-state index in [1.165, 1.54) is 38.0 Å². The highest BCUT2D eigenvalue weighted by atomic mass is 16.5. The molecule has 0 aromatic heterocycles. The molecule has 1 aliphatic rings. The second-order valence-electron chi connectivity index (χ2n) is 5.27. The number of hydrogen-bond donors (Lipinski definition) is 1. The minimum atomic E-state index is 0.731. The van der Waals surface area contributed by atoms with E-state index in [9.17, 15) is 0 Å². The van der Waals surface area contributed by atoms with Crippen molar-refractivity contribution in [2.45, 2.75) is 26.2 Å². The number of nitrogens with zero attached hydrogens (tertiary/aromatic N) is 1. The van der Waals surface area contributed by atoms with E-state index in [4.69, 9.17) is 4.74 Å². The van der Waals surface area contributed by atoms with Crippen LogP contribution < -0.4 is 15.0 Å². The Kier molecular flexibility index (Phi) is 5.52. The first-order valence-electron chi connectivity index (χ1n) is 7.46. The number of nitrogens with one attached hydrogen (secondary N) is 1. The lowest BCUT2D eigenvalue weighted by molar-refractivity contribution is 0.340. The van der Waals surface area contributed by atoms with Crippen molar-refractivity contribution >= 4 is 5.69 Å². The van der Waals surface area contributed by atoms with Crippen LogP contribution in [-0.4, -0.2) is 33.3 Å². The molecule has 1 fully saturated rings. The fourth-order valence-electron chi connectivity index (χ4n) is 2.80. The molecule has 0 bridgehead atoms. The van der Waals surface area contributed by atoms with Gasteiger partial charge in [0, 0.05) is 18.8 Å². The van der Waals surface area contributed by atoms with Gasteiger partial charge in [0.25, 0.3) is 0 Å². The second-order valence-corrected chi connectivity index (χ2v) is 5.27. The van der Waals surface area contributed by atoms with Crippen LogP contribution in [0.4, 0.5) is 5.69 Å². The Hall–Kier alpha value is -1.22. The average Bonchev–Trinajstić information content (AvgIpc) is 2.46. The lowest BCUT2D eigenvalue weighted by Gasteiger charge is -2.34. The van der Waals surface area contributed by atoms with E-state index in [1.54, 1.807) is 0 Å². The first kappa shape index (κ1) is 14.2. The van der Waals surface area contributed by atoms with E-state index >= 15 is 0 Å². The molecule has 3 heteroatoms. The van der Waals surface area contributed by atoms with Crippen molar-refractivity contribution in [2.75, 3.05) is 38.2 Å². The molecular formula is C16H26N2O. The number of benzene rings is 1. The third-order valence-electron chi connectivity index (χ3n) is 3.83. The van der Waals surface area contributed by atoms with Crippen molar-refractivity contribution < 1.29 is 4.74 Å². The standard InChI is InChI=1S/C16H26N2O/c1-3-19-16-8-6-15(7-9-16)18-12-4-5-14(13-18)10-11-17-2/h6-9,14,17H,3-5,10-13H2,1-2H3. The zero-order valence-electron chi connectivity index (χ0n) is 12.2. The minimum absolute atomic E-state index is 0.731. The Morgan fingerprint density at radius 3 is 2.79 bits per heavy atom. The van der Waals surface area contributed by atoms with Crippen LogP contribution in [0.5, 0.6) is 5.75 Å². The molecule has 1 heterocycles. The van der Waals surface area contributed by atoms with Gasteiger partial charge in [0.15, 0.2) is 0 Å². The molecule has 1 aromatic rings. The van der Waals surface area contributed by atoms with Gasteiger partial charge in [-0.15, -0.1) is 0 Å². The summed E-state index contributed by atoms with van der Waals surface area (Å²) in [5.74, 6) is 1.79. The van der Waals surface area contributed by atoms with Gasteiger partial charge in [0.2, 0.25) is 0 Å². The maximum absolute atomic E-state index is 5.50. The van der Waals surface area contributed by atoms with Crippen LogP contribution in [0, 0.1) is 5.92 Å². The predicted octanol–water partition coefficient (Wildman–Crippen LogP) is 2.91. The number of anilines is 1. The smallest absolute Gasteiger partial charge is 0.119 e. The van der Waals surface area contributed by atoms with E-state index in [0.717, 1.165) is 24.8 Å². The summed E-state index contributed by atoms with van der Waals surface area (Å²) in [5.41, 5.74) is 1.33. The summed E-state index contributed by atoms with van der Waals surface area (Å²) in [4.78, 5) is 2.51. The Balaban J connectivity index is 1.92. The van der Waals surface area contributed by atoms with Gasteiger partial charge in [-0.25, -0.2) is 0 Å². The van der Waals surface area contributed by atoms with E-state index in [2.05, 4.69) is 34.5 Å². The Bertz CT molecular complexity index is 364. The lowest BCUT2D eigenvalue weighted by atomic mass is 9.94. The van der Waals surface area contributed by atoms with Gasteiger partial charge in [0.1, 0.15) is 5.75 Å². The normalized spacial score (nSPS) is 19.5. The predicted molar refractivity (Wildman–Crippen MR) is 81.1 cm³/mol. The van der Waals surface area contributed by atoms with Crippen LogP contribution >= 0.6 is 0 Å². The summed E-state index contributed by atoms with van der Waals surface area (Å²) >= 11 is 0. The molecule has 1 N–H and O–H groups in total. The molecule has 1 atom stereocenters. The molecule has 106 valence electrons. The first-order chi connectivity index (χ1) is 9.33.